The predicted octanol–water partition coefficient (Wildman–Crippen LogP) is 2.74. The Labute approximate surface area is 161 Å². The molecule has 1 unspecified atom stereocenters. The Morgan fingerprint density at radius 3 is 2.71 bits per heavy atom. The number of halogens is 1. The molecule has 2 aromatic carbocycles. The van der Waals surface area contributed by atoms with Crippen molar-refractivity contribution in [2.24, 2.45) is 0 Å². The van der Waals surface area contributed by atoms with Crippen molar-refractivity contribution in [2.45, 2.75) is 6.10 Å². The van der Waals surface area contributed by atoms with E-state index in [1.807, 2.05) is 24.3 Å². The van der Waals surface area contributed by atoms with Crippen LogP contribution in [0.25, 0.3) is 10.1 Å². The molecule has 0 aliphatic heterocycles. The number of carbonyl (C=O) groups is 2. The van der Waals surface area contributed by atoms with Gasteiger partial charge in [-0.3, -0.25) is 19.7 Å². The van der Waals surface area contributed by atoms with Crippen molar-refractivity contribution in [3.05, 3.63) is 69.3 Å². The van der Waals surface area contributed by atoms with E-state index in [0.29, 0.717) is 5.56 Å². The number of hydrogen-bond acceptors (Lipinski definition) is 6. The number of anilines is 1. The van der Waals surface area contributed by atoms with E-state index in [1.54, 1.807) is 5.38 Å². The summed E-state index contributed by atoms with van der Waals surface area (Å²) in [4.78, 5) is 33.6. The average Bonchev–Trinajstić information content (AvgIpc) is 3.11. The molecule has 0 aliphatic rings. The van der Waals surface area contributed by atoms with Gasteiger partial charge in [-0.25, -0.2) is 0 Å². The third-order valence-electron chi connectivity index (χ3n) is 3.93. The van der Waals surface area contributed by atoms with Crippen molar-refractivity contribution >= 4 is 44.6 Å². The van der Waals surface area contributed by atoms with Crippen LogP contribution >= 0.6 is 11.3 Å². The van der Waals surface area contributed by atoms with Crippen LogP contribution in [-0.2, 0) is 9.59 Å². The number of nitrogens with one attached hydrogen (secondary N) is 2. The van der Waals surface area contributed by atoms with Gasteiger partial charge in [0.25, 0.3) is 0 Å². The maximum Gasteiger partial charge on any atom is 0.313 e. The quantitative estimate of drug-likeness (QED) is 0.344. The topological polar surface area (TPSA) is 122 Å². The number of carbonyl (C=O) groups excluding carboxylic acids is 2. The zero-order chi connectivity index (χ0) is 20.3. The third-order valence-corrected chi connectivity index (χ3v) is 4.91. The number of aliphatic hydroxyl groups excluding tert-OH is 1. The minimum absolute atomic E-state index is 0.0994. The Morgan fingerprint density at radius 2 is 1.96 bits per heavy atom. The van der Waals surface area contributed by atoms with Crippen molar-refractivity contribution in [3.63, 3.8) is 0 Å². The molecule has 0 saturated heterocycles. The molecule has 0 spiro atoms. The summed E-state index contributed by atoms with van der Waals surface area (Å²) in [5.41, 5.74) is -0.286. The summed E-state index contributed by atoms with van der Waals surface area (Å²) in [7, 11) is 0. The number of aliphatic hydroxyl groups is 1. The van der Waals surface area contributed by atoms with E-state index in [4.69, 9.17) is 0 Å². The van der Waals surface area contributed by atoms with E-state index in [-0.39, 0.29) is 12.2 Å². The van der Waals surface area contributed by atoms with Crippen molar-refractivity contribution in [3.8, 4) is 0 Å². The molecule has 0 bridgehead atoms. The van der Waals surface area contributed by atoms with Crippen molar-refractivity contribution in [1.82, 2.24) is 5.32 Å². The van der Waals surface area contributed by atoms with Gasteiger partial charge in [-0.2, -0.15) is 4.39 Å². The molecule has 0 saturated carbocycles. The van der Waals surface area contributed by atoms with E-state index in [9.17, 15) is 29.2 Å². The molecule has 10 heteroatoms. The number of amides is 2. The Kier molecular flexibility index (Phi) is 5.62. The molecule has 1 aromatic heterocycles. The fourth-order valence-corrected chi connectivity index (χ4v) is 3.56. The van der Waals surface area contributed by atoms with E-state index in [1.165, 1.54) is 11.3 Å². The molecule has 8 nitrogen and oxygen atoms in total. The van der Waals surface area contributed by atoms with Gasteiger partial charge >= 0.3 is 17.5 Å². The van der Waals surface area contributed by atoms with Crippen molar-refractivity contribution in [2.75, 3.05) is 11.9 Å². The van der Waals surface area contributed by atoms with Crippen LogP contribution in [-0.4, -0.2) is 28.4 Å². The first-order chi connectivity index (χ1) is 13.4. The molecule has 0 fully saturated rings. The average molecular weight is 403 g/mol. The second-order valence-corrected chi connectivity index (χ2v) is 6.70. The number of hydrogen-bond donors (Lipinski definition) is 3. The van der Waals surface area contributed by atoms with Gasteiger partial charge in [-0.15, -0.1) is 11.3 Å². The first-order valence-corrected chi connectivity index (χ1v) is 8.92. The number of thiophene rings is 1. The minimum Gasteiger partial charge on any atom is -0.387 e. The number of benzene rings is 2. The summed E-state index contributed by atoms with van der Waals surface area (Å²) < 4.78 is 14.3. The molecule has 28 heavy (non-hydrogen) atoms. The lowest BCUT2D eigenvalue weighted by atomic mass is 10.1. The standard InChI is InChI=1S/C18H14FN3O5S/c19-13-6-5-10(7-14(13)22(26)27)21-18(25)17(24)20-8-15(23)12-9-28-16-4-2-1-3-11(12)16/h1-7,9,15,23H,8H2,(H,20,24)(H,21,25). The lowest BCUT2D eigenvalue weighted by Crippen LogP contribution is -2.37. The largest absolute Gasteiger partial charge is 0.387 e. The molecule has 3 rings (SSSR count). The van der Waals surface area contributed by atoms with Crippen LogP contribution in [0.3, 0.4) is 0 Å². The lowest BCUT2D eigenvalue weighted by molar-refractivity contribution is -0.387. The number of nitro groups is 1. The van der Waals surface area contributed by atoms with Gasteiger partial charge in [-0.1, -0.05) is 18.2 Å². The van der Waals surface area contributed by atoms with Crippen LogP contribution in [0.15, 0.2) is 47.8 Å². The Bertz CT molecular complexity index is 1070. The molecule has 1 atom stereocenters. The van der Waals surface area contributed by atoms with E-state index >= 15 is 0 Å². The Morgan fingerprint density at radius 1 is 1.21 bits per heavy atom. The monoisotopic (exact) mass is 403 g/mol. The number of fused-ring (bicyclic) bond motifs is 1. The maximum atomic E-state index is 13.3. The molecule has 144 valence electrons. The van der Waals surface area contributed by atoms with E-state index < -0.39 is 34.3 Å². The van der Waals surface area contributed by atoms with Crippen LogP contribution in [0.5, 0.6) is 0 Å². The second-order valence-electron chi connectivity index (χ2n) is 5.79. The first kappa shape index (κ1) is 19.4. The number of rotatable bonds is 5. The smallest absolute Gasteiger partial charge is 0.313 e. The zero-order valence-electron chi connectivity index (χ0n) is 14.2. The van der Waals surface area contributed by atoms with Gasteiger partial charge in [0.2, 0.25) is 5.82 Å². The molecule has 3 N–H and O–H groups in total. The maximum absolute atomic E-state index is 13.3. The summed E-state index contributed by atoms with van der Waals surface area (Å²) in [6.45, 7) is -0.198. The highest BCUT2D eigenvalue weighted by Crippen LogP contribution is 2.29. The fourth-order valence-electron chi connectivity index (χ4n) is 2.55. The van der Waals surface area contributed by atoms with E-state index in [0.717, 1.165) is 28.3 Å². The summed E-state index contributed by atoms with van der Waals surface area (Å²) in [5, 5.41) is 28.1. The zero-order valence-corrected chi connectivity index (χ0v) is 15.0. The van der Waals surface area contributed by atoms with Gasteiger partial charge in [0.15, 0.2) is 0 Å². The van der Waals surface area contributed by atoms with Gasteiger partial charge in [0, 0.05) is 28.6 Å². The van der Waals surface area contributed by atoms with Gasteiger partial charge in [0.05, 0.1) is 11.0 Å². The normalized spacial score (nSPS) is 11.8. The van der Waals surface area contributed by atoms with Crippen LogP contribution < -0.4 is 10.6 Å². The molecular weight excluding hydrogens is 389 g/mol. The predicted molar refractivity (Wildman–Crippen MR) is 101 cm³/mol. The van der Waals surface area contributed by atoms with Gasteiger partial charge in [0.1, 0.15) is 0 Å². The molecule has 0 radical (unpaired) electrons. The van der Waals surface area contributed by atoms with Gasteiger partial charge < -0.3 is 15.7 Å². The van der Waals surface area contributed by atoms with E-state index in [2.05, 4.69) is 10.6 Å². The molecule has 1 heterocycles. The second kappa shape index (κ2) is 8.11. The summed E-state index contributed by atoms with van der Waals surface area (Å²) in [6.07, 6.45) is -1.01. The van der Waals surface area contributed by atoms with Crippen LogP contribution in [0.2, 0.25) is 0 Å². The summed E-state index contributed by atoms with van der Waals surface area (Å²) >= 11 is 1.45. The van der Waals surface area contributed by atoms with Crippen molar-refractivity contribution in [1.29, 1.82) is 0 Å². The van der Waals surface area contributed by atoms with Gasteiger partial charge in [-0.05, 0) is 29.0 Å². The SMILES string of the molecule is O=C(NCC(O)c1csc2ccccc12)C(=O)Nc1ccc(F)c([N+](=O)[O-])c1. The Balaban J connectivity index is 1.61. The lowest BCUT2D eigenvalue weighted by Gasteiger charge is -2.11. The molecular formula is C18H14FN3O5S. The Hall–Kier alpha value is -3.37. The summed E-state index contributed by atoms with van der Waals surface area (Å²) in [5.74, 6) is -3.19. The number of nitro benzene ring substituents is 1. The summed E-state index contributed by atoms with van der Waals surface area (Å²) in [6, 6.07) is 10.2. The highest BCUT2D eigenvalue weighted by molar-refractivity contribution is 7.17. The number of nitrogens with zero attached hydrogens (tertiary/aromatic N) is 1. The minimum atomic E-state index is -1.09. The highest BCUT2D eigenvalue weighted by Gasteiger charge is 2.20. The fraction of sp³-hybridized carbons (Fsp3) is 0.111. The molecule has 3 aromatic rings. The molecule has 0 aliphatic carbocycles. The first-order valence-electron chi connectivity index (χ1n) is 8.04. The van der Waals surface area contributed by atoms with Crippen LogP contribution in [0.1, 0.15) is 11.7 Å². The highest BCUT2D eigenvalue weighted by atomic mass is 32.1. The van der Waals surface area contributed by atoms with Crippen LogP contribution in [0.4, 0.5) is 15.8 Å². The van der Waals surface area contributed by atoms with Crippen molar-refractivity contribution < 1.29 is 24.0 Å². The molecule has 2 amide bonds. The third kappa shape index (κ3) is 4.13. The van der Waals surface area contributed by atoms with Crippen LogP contribution in [0, 0.1) is 15.9 Å².